The molecule has 26 heavy (non-hydrogen) atoms. The van der Waals surface area contributed by atoms with Gasteiger partial charge in [-0.15, -0.1) is 0 Å². The van der Waals surface area contributed by atoms with Crippen LogP contribution >= 0.6 is 0 Å². The van der Waals surface area contributed by atoms with Crippen LogP contribution in [0.25, 0.3) is 0 Å². The van der Waals surface area contributed by atoms with Crippen molar-refractivity contribution in [3.8, 4) is 0 Å². The number of rotatable bonds is 10. The maximum absolute atomic E-state index is 10.9. The van der Waals surface area contributed by atoms with E-state index in [1.54, 1.807) is 0 Å². The second kappa shape index (κ2) is 10.0. The summed E-state index contributed by atoms with van der Waals surface area (Å²) in [4.78, 5) is -0.728. The van der Waals surface area contributed by atoms with E-state index >= 15 is 0 Å². The van der Waals surface area contributed by atoms with E-state index in [1.165, 1.54) is 0 Å². The van der Waals surface area contributed by atoms with Crippen molar-refractivity contribution < 1.29 is 58.0 Å². The van der Waals surface area contributed by atoms with Crippen LogP contribution in [0.3, 0.4) is 0 Å². The first kappa shape index (κ1) is 24.1. The molecule has 0 saturated carbocycles. The average Bonchev–Trinajstić information content (AvgIpc) is 2.82. The molecule has 0 spiro atoms. The SMILES string of the molecule is O=S(=O)([O-])O[C@@H]([C@H](O)[C@@H](O)[C@H](O)CO)[C@H](O)C[Se+]1C[C@@H](O)[C@H](O)[C@H]1CO. The first-order valence-electron chi connectivity index (χ1n) is 7.53. The molecule has 14 heteroatoms. The van der Waals surface area contributed by atoms with Gasteiger partial charge in [-0.2, -0.15) is 0 Å². The number of aliphatic hydroxyl groups is 8. The summed E-state index contributed by atoms with van der Waals surface area (Å²) in [6.45, 7) is -1.48. The first-order chi connectivity index (χ1) is 11.9. The Morgan fingerprint density at radius 1 is 1.08 bits per heavy atom. The van der Waals surface area contributed by atoms with Crippen molar-refractivity contribution in [3.63, 3.8) is 0 Å². The number of hydrogen-bond donors (Lipinski definition) is 8. The molecule has 1 heterocycles. The minimum atomic E-state index is -5.41. The Balaban J connectivity index is 2.95. The van der Waals surface area contributed by atoms with Crippen molar-refractivity contribution in [2.45, 2.75) is 58.2 Å². The molecule has 0 aromatic rings. The summed E-state index contributed by atoms with van der Waals surface area (Å²) >= 11 is -2.12. The van der Waals surface area contributed by atoms with Gasteiger partial charge in [-0.3, -0.25) is 0 Å². The predicted octanol–water partition coefficient (Wildman–Crippen LogP) is -5.14. The van der Waals surface area contributed by atoms with Crippen molar-refractivity contribution in [1.82, 2.24) is 0 Å². The van der Waals surface area contributed by atoms with Gasteiger partial charge in [0.2, 0.25) is 0 Å². The zero-order chi connectivity index (χ0) is 20.2. The van der Waals surface area contributed by atoms with Crippen LogP contribution in [0.2, 0.25) is 15.5 Å². The molecule has 1 saturated heterocycles. The van der Waals surface area contributed by atoms with Crippen molar-refractivity contribution in [2.75, 3.05) is 13.2 Å². The quantitative estimate of drug-likeness (QED) is 0.0850. The number of hydrogen-bond acceptors (Lipinski definition) is 12. The fourth-order valence-electron chi connectivity index (χ4n) is 2.62. The minimum absolute atomic E-state index is 0.0677. The molecule has 0 radical (unpaired) electrons. The van der Waals surface area contributed by atoms with E-state index < -0.39 is 85.1 Å². The van der Waals surface area contributed by atoms with Crippen molar-refractivity contribution in [1.29, 1.82) is 0 Å². The Morgan fingerprint density at radius 2 is 1.65 bits per heavy atom. The molecule has 0 aromatic carbocycles. The molecular formula is C12H24O12SSe. The maximum atomic E-state index is 10.9. The molecule has 1 unspecified atom stereocenters. The predicted molar refractivity (Wildman–Crippen MR) is 83.9 cm³/mol. The summed E-state index contributed by atoms with van der Waals surface area (Å²) in [5.74, 6) is 0. The van der Waals surface area contributed by atoms with Crippen LogP contribution in [-0.4, -0.2) is 124 Å². The van der Waals surface area contributed by atoms with Crippen LogP contribution in [0.4, 0.5) is 0 Å². The third kappa shape index (κ3) is 6.31. The van der Waals surface area contributed by atoms with Crippen LogP contribution in [0.5, 0.6) is 0 Å². The molecule has 0 aromatic heterocycles. The van der Waals surface area contributed by atoms with E-state index in [0.29, 0.717) is 0 Å². The van der Waals surface area contributed by atoms with Crippen LogP contribution in [0.15, 0.2) is 0 Å². The van der Waals surface area contributed by atoms with Gasteiger partial charge in [0.15, 0.2) is 0 Å². The summed E-state index contributed by atoms with van der Waals surface area (Å²) in [5, 5.41) is 76.6. The van der Waals surface area contributed by atoms with Gasteiger partial charge in [-0.1, -0.05) is 0 Å². The third-order valence-electron chi connectivity index (χ3n) is 4.03. The van der Waals surface area contributed by atoms with Crippen molar-refractivity contribution in [3.05, 3.63) is 0 Å². The summed E-state index contributed by atoms with van der Waals surface area (Å²) < 4.78 is 36.7. The molecule has 1 rings (SSSR count). The van der Waals surface area contributed by atoms with Gasteiger partial charge in [0.05, 0.1) is 0 Å². The molecule has 0 bridgehead atoms. The van der Waals surface area contributed by atoms with Gasteiger partial charge in [0.25, 0.3) is 0 Å². The van der Waals surface area contributed by atoms with Crippen LogP contribution in [0.1, 0.15) is 0 Å². The van der Waals surface area contributed by atoms with E-state index in [1.807, 2.05) is 0 Å². The number of aliphatic hydroxyl groups excluding tert-OH is 8. The second-order valence-corrected chi connectivity index (χ2v) is 11.9. The third-order valence-corrected chi connectivity index (χ3v) is 10.4. The van der Waals surface area contributed by atoms with E-state index in [2.05, 4.69) is 4.18 Å². The van der Waals surface area contributed by atoms with E-state index in [-0.39, 0.29) is 10.6 Å². The van der Waals surface area contributed by atoms with Gasteiger partial charge in [-0.05, 0) is 0 Å². The van der Waals surface area contributed by atoms with Crippen LogP contribution in [0, 0.1) is 0 Å². The monoisotopic (exact) mass is 472 g/mol. The fraction of sp³-hybridized carbons (Fsp3) is 1.00. The van der Waals surface area contributed by atoms with Crippen LogP contribution in [-0.2, 0) is 14.6 Å². The van der Waals surface area contributed by atoms with Crippen molar-refractivity contribution in [2.24, 2.45) is 0 Å². The van der Waals surface area contributed by atoms with Gasteiger partial charge >= 0.3 is 154 Å². The Kier molecular flexibility index (Phi) is 9.29. The van der Waals surface area contributed by atoms with E-state index in [0.717, 1.165) is 0 Å². The molecule has 1 aliphatic heterocycles. The van der Waals surface area contributed by atoms with E-state index in [4.69, 9.17) is 5.11 Å². The summed E-state index contributed by atoms with van der Waals surface area (Å²) in [6, 6.07) is 0. The molecule has 0 amide bonds. The Hall–Kier alpha value is 0.0695. The summed E-state index contributed by atoms with van der Waals surface area (Å²) in [5.41, 5.74) is 0. The average molecular weight is 471 g/mol. The van der Waals surface area contributed by atoms with Gasteiger partial charge in [0.1, 0.15) is 0 Å². The zero-order valence-electron chi connectivity index (χ0n) is 13.5. The molecule has 12 nitrogen and oxygen atoms in total. The molecule has 1 aliphatic rings. The van der Waals surface area contributed by atoms with Gasteiger partial charge < -0.3 is 0 Å². The zero-order valence-corrected chi connectivity index (χ0v) is 16.0. The Morgan fingerprint density at radius 3 is 2.12 bits per heavy atom. The van der Waals surface area contributed by atoms with E-state index in [9.17, 15) is 48.7 Å². The summed E-state index contributed by atoms with van der Waals surface area (Å²) in [6.07, 6.45) is -12.6. The van der Waals surface area contributed by atoms with Crippen LogP contribution < -0.4 is 0 Å². The molecule has 9 atom stereocenters. The second-order valence-electron chi connectivity index (χ2n) is 5.92. The normalized spacial score (nSPS) is 32.8. The summed E-state index contributed by atoms with van der Waals surface area (Å²) in [7, 11) is -5.41. The fourth-order valence-corrected chi connectivity index (χ4v) is 8.76. The first-order valence-corrected chi connectivity index (χ1v) is 12.3. The standard InChI is InChI=1S/C12H24O12SSe/c13-1-5(15)10(19)11(20)12(24-25(21,22)23)7(17)4-26-3-6(16)9(18)8(26)2-14/h5-20H,1-4H2/t5-,6-,7-,8-,9+,10+,11-,12-,26?/m1/s1. The van der Waals surface area contributed by atoms with Crippen molar-refractivity contribution >= 4 is 24.3 Å². The van der Waals surface area contributed by atoms with Gasteiger partial charge in [0, 0.05) is 0 Å². The Bertz CT molecular complexity index is 532. The van der Waals surface area contributed by atoms with Gasteiger partial charge in [-0.25, -0.2) is 0 Å². The Labute approximate surface area is 154 Å². The molecule has 1 fully saturated rings. The molecule has 0 aliphatic carbocycles. The topological polar surface area (TPSA) is 228 Å². The molecule has 8 N–H and O–H groups in total. The molecular weight excluding hydrogens is 447 g/mol. The molecule has 156 valence electrons.